The summed E-state index contributed by atoms with van der Waals surface area (Å²) in [7, 11) is 0. The predicted molar refractivity (Wildman–Crippen MR) is 62.2 cm³/mol. The fraction of sp³-hybridized carbons (Fsp3) is 1.00. The van der Waals surface area contributed by atoms with Crippen LogP contribution in [0, 0.1) is 29.6 Å². The zero-order valence-electron chi connectivity index (χ0n) is 10.1. The molecule has 0 saturated heterocycles. The molecule has 82 valence electrons. The quantitative estimate of drug-likeness (QED) is 0.618. The molecular weight excluding hydrogens is 168 g/mol. The lowest BCUT2D eigenvalue weighted by Crippen LogP contribution is -1.98. The molecule has 0 amide bonds. The monoisotopic (exact) mass is 194 g/mol. The van der Waals surface area contributed by atoms with Crippen molar-refractivity contribution in [1.82, 2.24) is 0 Å². The van der Waals surface area contributed by atoms with Crippen LogP contribution in [-0.2, 0) is 0 Å². The third-order valence-corrected chi connectivity index (χ3v) is 5.06. The van der Waals surface area contributed by atoms with E-state index in [2.05, 4.69) is 20.8 Å². The standard InChI is InChI=1S/C14H26/c1-4-11-6-7-12(8-11)9-14-10(3)13(14)5-2/h10-14H,4-9H2,1-3H3. The molecule has 0 aromatic rings. The van der Waals surface area contributed by atoms with Crippen LogP contribution in [0.3, 0.4) is 0 Å². The summed E-state index contributed by atoms with van der Waals surface area (Å²) >= 11 is 0. The second kappa shape index (κ2) is 4.24. The molecule has 2 saturated carbocycles. The van der Waals surface area contributed by atoms with Crippen LogP contribution >= 0.6 is 0 Å². The molecule has 0 heterocycles. The SMILES string of the molecule is CCC1CCC(CC2C(C)C2CC)C1. The summed E-state index contributed by atoms with van der Waals surface area (Å²) in [5.74, 6) is 5.44. The van der Waals surface area contributed by atoms with Crippen molar-refractivity contribution in [3.05, 3.63) is 0 Å². The summed E-state index contributed by atoms with van der Waals surface area (Å²) in [5.41, 5.74) is 0. The Morgan fingerprint density at radius 2 is 1.64 bits per heavy atom. The summed E-state index contributed by atoms with van der Waals surface area (Å²) in [6.45, 7) is 7.19. The normalized spacial score (nSPS) is 46.9. The van der Waals surface area contributed by atoms with Gasteiger partial charge in [0, 0.05) is 0 Å². The van der Waals surface area contributed by atoms with E-state index in [9.17, 15) is 0 Å². The second-order valence-electron chi connectivity index (χ2n) is 5.78. The maximum Gasteiger partial charge on any atom is -0.0352 e. The Morgan fingerprint density at radius 1 is 0.929 bits per heavy atom. The molecule has 0 aromatic carbocycles. The van der Waals surface area contributed by atoms with Gasteiger partial charge in [-0.2, -0.15) is 0 Å². The van der Waals surface area contributed by atoms with Gasteiger partial charge in [0.05, 0.1) is 0 Å². The molecular formula is C14H26. The zero-order chi connectivity index (χ0) is 10.1. The molecule has 0 N–H and O–H groups in total. The van der Waals surface area contributed by atoms with Crippen molar-refractivity contribution in [2.75, 3.05) is 0 Å². The summed E-state index contributed by atoms with van der Waals surface area (Å²) in [6.07, 6.45) is 9.03. The lowest BCUT2D eigenvalue weighted by molar-refractivity contribution is 0.419. The van der Waals surface area contributed by atoms with Gasteiger partial charge in [-0.1, -0.05) is 46.5 Å². The summed E-state index contributed by atoms with van der Waals surface area (Å²) in [4.78, 5) is 0. The first-order valence-corrected chi connectivity index (χ1v) is 6.76. The highest BCUT2D eigenvalue weighted by molar-refractivity contribution is 4.95. The van der Waals surface area contributed by atoms with Gasteiger partial charge in [-0.05, 0) is 42.4 Å². The first-order valence-electron chi connectivity index (χ1n) is 6.76. The summed E-state index contributed by atoms with van der Waals surface area (Å²) in [5, 5.41) is 0. The first-order chi connectivity index (χ1) is 6.76. The minimum Gasteiger partial charge on any atom is -0.0651 e. The molecule has 2 aliphatic rings. The highest BCUT2D eigenvalue weighted by atomic mass is 14.5. The van der Waals surface area contributed by atoms with Crippen LogP contribution in [0.25, 0.3) is 0 Å². The van der Waals surface area contributed by atoms with Crippen molar-refractivity contribution in [2.45, 2.75) is 59.3 Å². The molecule has 0 bridgehead atoms. The van der Waals surface area contributed by atoms with Gasteiger partial charge in [-0.15, -0.1) is 0 Å². The van der Waals surface area contributed by atoms with Crippen LogP contribution in [0.4, 0.5) is 0 Å². The Morgan fingerprint density at radius 3 is 2.14 bits per heavy atom. The summed E-state index contributed by atoms with van der Waals surface area (Å²) in [6, 6.07) is 0. The van der Waals surface area contributed by atoms with Gasteiger partial charge < -0.3 is 0 Å². The third kappa shape index (κ3) is 1.99. The van der Waals surface area contributed by atoms with E-state index in [1.165, 1.54) is 25.7 Å². The van der Waals surface area contributed by atoms with E-state index in [4.69, 9.17) is 0 Å². The first kappa shape index (κ1) is 10.5. The van der Waals surface area contributed by atoms with Crippen molar-refractivity contribution >= 4 is 0 Å². The average Bonchev–Trinajstić information content (AvgIpc) is 2.65. The second-order valence-corrected chi connectivity index (χ2v) is 5.78. The largest absolute Gasteiger partial charge is 0.0651 e. The van der Waals surface area contributed by atoms with Crippen LogP contribution in [0.15, 0.2) is 0 Å². The molecule has 2 fully saturated rings. The van der Waals surface area contributed by atoms with E-state index < -0.39 is 0 Å². The Labute approximate surface area is 89.5 Å². The van der Waals surface area contributed by atoms with Gasteiger partial charge in [-0.3, -0.25) is 0 Å². The zero-order valence-corrected chi connectivity index (χ0v) is 10.1. The average molecular weight is 194 g/mol. The molecule has 0 nitrogen and oxygen atoms in total. The highest BCUT2D eigenvalue weighted by Gasteiger charge is 2.46. The van der Waals surface area contributed by atoms with Crippen LogP contribution < -0.4 is 0 Å². The smallest absolute Gasteiger partial charge is 0.0352 e. The Kier molecular flexibility index (Phi) is 3.19. The van der Waals surface area contributed by atoms with Gasteiger partial charge in [0.15, 0.2) is 0 Å². The van der Waals surface area contributed by atoms with E-state index in [1.54, 1.807) is 12.8 Å². The lowest BCUT2D eigenvalue weighted by atomic mass is 9.96. The molecule has 0 aromatic heterocycles. The van der Waals surface area contributed by atoms with E-state index in [-0.39, 0.29) is 0 Å². The molecule has 0 heteroatoms. The maximum absolute atomic E-state index is 2.46. The van der Waals surface area contributed by atoms with E-state index >= 15 is 0 Å². The number of rotatable bonds is 4. The molecule has 2 rings (SSSR count). The van der Waals surface area contributed by atoms with Crippen molar-refractivity contribution < 1.29 is 0 Å². The van der Waals surface area contributed by atoms with Crippen molar-refractivity contribution in [3.63, 3.8) is 0 Å². The Bertz CT molecular complexity index is 184. The van der Waals surface area contributed by atoms with Gasteiger partial charge in [-0.25, -0.2) is 0 Å². The van der Waals surface area contributed by atoms with Crippen molar-refractivity contribution in [3.8, 4) is 0 Å². The molecule has 0 radical (unpaired) electrons. The van der Waals surface area contributed by atoms with Gasteiger partial charge in [0.25, 0.3) is 0 Å². The van der Waals surface area contributed by atoms with Gasteiger partial charge in [0.1, 0.15) is 0 Å². The Hall–Kier alpha value is 0. The van der Waals surface area contributed by atoms with E-state index in [0.29, 0.717) is 0 Å². The molecule has 14 heavy (non-hydrogen) atoms. The number of hydrogen-bond donors (Lipinski definition) is 0. The van der Waals surface area contributed by atoms with Crippen molar-refractivity contribution in [2.24, 2.45) is 29.6 Å². The van der Waals surface area contributed by atoms with Crippen molar-refractivity contribution in [1.29, 1.82) is 0 Å². The van der Waals surface area contributed by atoms with E-state index in [1.807, 2.05) is 0 Å². The number of hydrogen-bond acceptors (Lipinski definition) is 0. The Balaban J connectivity index is 1.72. The van der Waals surface area contributed by atoms with Crippen LogP contribution in [0.5, 0.6) is 0 Å². The van der Waals surface area contributed by atoms with Crippen LogP contribution in [0.2, 0.25) is 0 Å². The fourth-order valence-corrected chi connectivity index (χ4v) is 3.85. The molecule has 5 unspecified atom stereocenters. The van der Waals surface area contributed by atoms with E-state index in [0.717, 1.165) is 29.6 Å². The predicted octanol–water partition coefficient (Wildman–Crippen LogP) is 4.49. The van der Waals surface area contributed by atoms with Crippen LogP contribution in [0.1, 0.15) is 59.3 Å². The molecule has 5 atom stereocenters. The molecule has 2 aliphatic carbocycles. The summed E-state index contributed by atoms with van der Waals surface area (Å²) < 4.78 is 0. The minimum absolute atomic E-state index is 1.06. The maximum atomic E-state index is 2.46. The fourth-order valence-electron chi connectivity index (χ4n) is 3.85. The van der Waals surface area contributed by atoms with Gasteiger partial charge in [0.2, 0.25) is 0 Å². The topological polar surface area (TPSA) is 0 Å². The minimum atomic E-state index is 1.06. The lowest BCUT2D eigenvalue weighted by Gasteiger charge is -2.09. The third-order valence-electron chi connectivity index (χ3n) is 5.06. The van der Waals surface area contributed by atoms with Gasteiger partial charge >= 0.3 is 0 Å². The molecule has 0 spiro atoms. The highest BCUT2D eigenvalue weighted by Crippen LogP contribution is 2.53. The van der Waals surface area contributed by atoms with Crippen LogP contribution in [-0.4, -0.2) is 0 Å². The molecule has 0 aliphatic heterocycles.